The fourth-order valence-electron chi connectivity index (χ4n) is 6.69. The van der Waals surface area contributed by atoms with E-state index in [1.54, 1.807) is 0 Å². The Balaban J connectivity index is 1.25. The van der Waals surface area contributed by atoms with Gasteiger partial charge in [0, 0.05) is 33.7 Å². The number of aromatic nitrogens is 1. The Bertz CT molecular complexity index is 2530. The molecule has 0 unspecified atom stereocenters. The molecule has 2 aromatic heterocycles. The predicted molar refractivity (Wildman–Crippen MR) is 192 cm³/mol. The number of nitrogens with zero attached hydrogens (tertiary/aromatic N) is 2. The van der Waals surface area contributed by atoms with Gasteiger partial charge in [-0.15, -0.1) is 0 Å². The molecule has 0 atom stereocenters. The maximum atomic E-state index is 6.77. The molecule has 9 rings (SSSR count). The zero-order valence-electron chi connectivity index (χ0n) is 25.0. The lowest BCUT2D eigenvalue weighted by atomic mass is 9.98. The Hall–Kier alpha value is -6.19. The molecule has 0 spiro atoms. The molecule has 0 amide bonds. The number of benzene rings is 7. The fraction of sp³-hybridized carbons (Fsp3) is 0. The van der Waals surface area contributed by atoms with Crippen LogP contribution in [0.5, 0.6) is 0 Å². The molecule has 0 bridgehead atoms. The molecule has 3 heteroatoms. The monoisotopic (exact) mass is 588 g/mol. The van der Waals surface area contributed by atoms with E-state index in [0.717, 1.165) is 61.0 Å². The minimum Gasteiger partial charge on any atom is -0.451 e. The van der Waals surface area contributed by atoms with E-state index in [1.165, 1.54) is 21.9 Å². The molecule has 0 N–H and O–H groups in total. The highest BCUT2D eigenvalue weighted by atomic mass is 16.3. The van der Waals surface area contributed by atoms with Crippen molar-refractivity contribution in [1.29, 1.82) is 0 Å². The van der Waals surface area contributed by atoms with Crippen LogP contribution in [0.4, 0.5) is 17.2 Å². The second-order valence-electron chi connectivity index (χ2n) is 11.6. The fourth-order valence-corrected chi connectivity index (χ4v) is 6.69. The van der Waals surface area contributed by atoms with Gasteiger partial charge in [-0.05, 0) is 74.8 Å². The summed E-state index contributed by atoms with van der Waals surface area (Å²) in [6.07, 6.45) is 1.89. The Kier molecular flexibility index (Phi) is 6.14. The largest absolute Gasteiger partial charge is 0.451 e. The van der Waals surface area contributed by atoms with Gasteiger partial charge in [-0.25, -0.2) is 4.98 Å². The van der Waals surface area contributed by atoms with Crippen LogP contribution >= 0.6 is 0 Å². The van der Waals surface area contributed by atoms with Crippen molar-refractivity contribution in [2.75, 3.05) is 4.90 Å². The highest BCUT2D eigenvalue weighted by Gasteiger charge is 2.22. The molecular weight excluding hydrogens is 560 g/mol. The third-order valence-electron chi connectivity index (χ3n) is 8.91. The summed E-state index contributed by atoms with van der Waals surface area (Å²) < 4.78 is 6.77. The summed E-state index contributed by atoms with van der Waals surface area (Å²) in [6.45, 7) is 0. The summed E-state index contributed by atoms with van der Waals surface area (Å²) in [5.74, 6) is 0.751. The number of hydrogen-bond donors (Lipinski definition) is 0. The van der Waals surface area contributed by atoms with E-state index < -0.39 is 0 Å². The average Bonchev–Trinajstić information content (AvgIpc) is 3.53. The van der Waals surface area contributed by atoms with Crippen LogP contribution in [0, 0.1) is 0 Å². The smallest absolute Gasteiger partial charge is 0.181 e. The lowest BCUT2D eigenvalue weighted by Crippen LogP contribution is -2.12. The summed E-state index contributed by atoms with van der Waals surface area (Å²) in [6, 6.07) is 57.7. The van der Waals surface area contributed by atoms with E-state index in [2.05, 4.69) is 163 Å². The minimum atomic E-state index is 0.751. The van der Waals surface area contributed by atoms with Crippen molar-refractivity contribution >= 4 is 60.7 Å². The van der Waals surface area contributed by atoms with E-state index in [9.17, 15) is 0 Å². The van der Waals surface area contributed by atoms with Crippen LogP contribution in [0.15, 0.2) is 174 Å². The van der Waals surface area contributed by atoms with Crippen molar-refractivity contribution in [3.8, 4) is 22.3 Å². The van der Waals surface area contributed by atoms with Crippen molar-refractivity contribution < 1.29 is 4.42 Å². The van der Waals surface area contributed by atoms with Gasteiger partial charge in [0.15, 0.2) is 11.4 Å². The second-order valence-corrected chi connectivity index (χ2v) is 11.6. The van der Waals surface area contributed by atoms with Crippen molar-refractivity contribution in [3.05, 3.63) is 170 Å². The summed E-state index contributed by atoms with van der Waals surface area (Å²) >= 11 is 0. The van der Waals surface area contributed by atoms with Gasteiger partial charge in [0.25, 0.3) is 0 Å². The van der Waals surface area contributed by atoms with Crippen molar-refractivity contribution in [3.63, 3.8) is 0 Å². The number of fused-ring (bicyclic) bond motifs is 6. The Morgan fingerprint density at radius 1 is 0.413 bits per heavy atom. The number of hydrogen-bond acceptors (Lipinski definition) is 3. The van der Waals surface area contributed by atoms with E-state index in [0.29, 0.717) is 0 Å². The Labute approximate surface area is 266 Å². The number of pyridine rings is 1. The molecule has 0 saturated carbocycles. The highest BCUT2D eigenvalue weighted by molar-refractivity contribution is 6.17. The van der Waals surface area contributed by atoms with Crippen LogP contribution in [-0.4, -0.2) is 4.98 Å². The number of anilines is 3. The molecule has 0 aliphatic heterocycles. The van der Waals surface area contributed by atoms with Crippen molar-refractivity contribution in [2.24, 2.45) is 0 Å². The first-order valence-corrected chi connectivity index (χ1v) is 15.5. The van der Waals surface area contributed by atoms with E-state index in [-0.39, 0.29) is 0 Å². The maximum Gasteiger partial charge on any atom is 0.181 e. The minimum absolute atomic E-state index is 0.751. The Morgan fingerprint density at radius 2 is 1.09 bits per heavy atom. The van der Waals surface area contributed by atoms with Crippen LogP contribution in [-0.2, 0) is 0 Å². The van der Waals surface area contributed by atoms with Gasteiger partial charge in [0.2, 0.25) is 0 Å². The van der Waals surface area contributed by atoms with Crippen LogP contribution < -0.4 is 4.90 Å². The van der Waals surface area contributed by atoms with Gasteiger partial charge in [-0.2, -0.15) is 0 Å². The molecule has 9 aromatic rings. The predicted octanol–water partition coefficient (Wildman–Crippen LogP) is 12.1. The molecule has 3 nitrogen and oxygen atoms in total. The first kappa shape index (κ1) is 26.2. The topological polar surface area (TPSA) is 29.3 Å². The van der Waals surface area contributed by atoms with Gasteiger partial charge in [-0.1, -0.05) is 127 Å². The maximum absolute atomic E-state index is 6.77. The third kappa shape index (κ3) is 4.33. The Morgan fingerprint density at radius 3 is 1.93 bits per heavy atom. The summed E-state index contributed by atoms with van der Waals surface area (Å²) in [5.41, 5.74) is 8.33. The number of furan rings is 1. The normalized spacial score (nSPS) is 11.5. The van der Waals surface area contributed by atoms with E-state index in [4.69, 9.17) is 9.40 Å². The molecule has 7 aromatic carbocycles. The van der Waals surface area contributed by atoms with Crippen LogP contribution in [0.25, 0.3) is 65.7 Å². The third-order valence-corrected chi connectivity index (χ3v) is 8.91. The molecule has 216 valence electrons. The first-order valence-electron chi connectivity index (χ1n) is 15.5. The summed E-state index contributed by atoms with van der Waals surface area (Å²) in [5, 5.41) is 6.85. The van der Waals surface area contributed by atoms with Gasteiger partial charge in [0.1, 0.15) is 5.58 Å². The van der Waals surface area contributed by atoms with Crippen molar-refractivity contribution in [1.82, 2.24) is 4.98 Å². The molecule has 0 fully saturated rings. The number of rotatable bonds is 5. The molecule has 0 radical (unpaired) electrons. The average molecular weight is 589 g/mol. The van der Waals surface area contributed by atoms with Crippen LogP contribution in [0.1, 0.15) is 0 Å². The zero-order valence-corrected chi connectivity index (χ0v) is 25.0. The second kappa shape index (κ2) is 10.8. The van der Waals surface area contributed by atoms with E-state index in [1.807, 2.05) is 12.3 Å². The quantitative estimate of drug-likeness (QED) is 0.200. The van der Waals surface area contributed by atoms with Gasteiger partial charge in [-0.3, -0.25) is 4.90 Å². The van der Waals surface area contributed by atoms with Gasteiger partial charge >= 0.3 is 0 Å². The van der Waals surface area contributed by atoms with Gasteiger partial charge < -0.3 is 4.42 Å². The molecule has 46 heavy (non-hydrogen) atoms. The molecule has 0 aliphatic rings. The lowest BCUT2D eigenvalue weighted by Gasteiger charge is -2.25. The summed E-state index contributed by atoms with van der Waals surface area (Å²) in [4.78, 5) is 7.21. The zero-order chi connectivity index (χ0) is 30.5. The van der Waals surface area contributed by atoms with Crippen molar-refractivity contribution in [2.45, 2.75) is 0 Å². The highest BCUT2D eigenvalue weighted by Crippen LogP contribution is 2.43. The van der Waals surface area contributed by atoms with Crippen LogP contribution in [0.2, 0.25) is 0 Å². The first-order chi connectivity index (χ1) is 22.8. The standard InChI is InChI=1S/C43H28N2O/c1-2-10-29(11-3-1)33-15-8-16-35(28-33)45(34-23-20-32(21-24-34)37-19-9-14-30-12-4-6-17-36(30)37)43-42-40(26-27-44-43)39-25-22-31-13-5-7-18-38(31)41(39)46-42/h1-28H. The molecular formula is C43H28N2O. The van der Waals surface area contributed by atoms with E-state index >= 15 is 0 Å². The summed E-state index contributed by atoms with van der Waals surface area (Å²) in [7, 11) is 0. The SMILES string of the molecule is c1ccc(-c2cccc(N(c3ccc(-c4cccc5ccccc45)cc3)c3nccc4c3oc3c5ccccc5ccc43)c2)cc1. The molecule has 0 aliphatic carbocycles. The van der Waals surface area contributed by atoms with Crippen LogP contribution in [0.3, 0.4) is 0 Å². The van der Waals surface area contributed by atoms with Gasteiger partial charge in [0.05, 0.1) is 0 Å². The molecule has 2 heterocycles. The lowest BCUT2D eigenvalue weighted by molar-refractivity contribution is 0.671. The molecule has 0 saturated heterocycles.